The normalized spacial score (nSPS) is 22.9. The number of nitrogens with two attached hydrogens (primary N) is 1. The first-order valence-corrected chi connectivity index (χ1v) is 6.85. The van der Waals surface area contributed by atoms with Crippen molar-refractivity contribution in [2.24, 2.45) is 11.7 Å². The average Bonchev–Trinajstić information content (AvgIpc) is 2.86. The van der Waals surface area contributed by atoms with Crippen molar-refractivity contribution in [3.05, 3.63) is 17.7 Å². The number of likely N-dealkylation sites (tertiary alicyclic amines) is 1. The minimum atomic E-state index is 0.304. The van der Waals surface area contributed by atoms with E-state index in [0.29, 0.717) is 23.5 Å². The van der Waals surface area contributed by atoms with Gasteiger partial charge in [-0.1, -0.05) is 0 Å². The molecule has 1 aliphatic rings. The molecule has 5 heteroatoms. The van der Waals surface area contributed by atoms with E-state index in [2.05, 4.69) is 18.0 Å². The largest absolute Gasteiger partial charge is 0.493 e. The van der Waals surface area contributed by atoms with Gasteiger partial charge in [-0.05, 0) is 38.1 Å². The van der Waals surface area contributed by atoms with Gasteiger partial charge in [0.15, 0.2) is 11.5 Å². The second-order valence-corrected chi connectivity index (χ2v) is 5.22. The Hall–Kier alpha value is -1.46. The van der Waals surface area contributed by atoms with Crippen LogP contribution in [0.2, 0.25) is 0 Å². The SMILES string of the molecule is COc1ccc(C2CC(CN)CN2C)c(OC)c1OC. The van der Waals surface area contributed by atoms with E-state index in [0.717, 1.165) is 30.8 Å². The lowest BCUT2D eigenvalue weighted by Gasteiger charge is -2.23. The number of methoxy groups -OCH3 is 3. The van der Waals surface area contributed by atoms with E-state index in [4.69, 9.17) is 19.9 Å². The van der Waals surface area contributed by atoms with Crippen molar-refractivity contribution >= 4 is 0 Å². The van der Waals surface area contributed by atoms with Gasteiger partial charge in [0.25, 0.3) is 0 Å². The lowest BCUT2D eigenvalue weighted by molar-refractivity contribution is 0.290. The summed E-state index contributed by atoms with van der Waals surface area (Å²) >= 11 is 0. The lowest BCUT2D eigenvalue weighted by Crippen LogP contribution is -2.21. The van der Waals surface area contributed by atoms with E-state index in [1.54, 1.807) is 21.3 Å². The Bertz CT molecular complexity index is 465. The van der Waals surface area contributed by atoms with E-state index < -0.39 is 0 Å². The molecule has 0 aliphatic carbocycles. The highest BCUT2D eigenvalue weighted by Crippen LogP contribution is 2.46. The topological polar surface area (TPSA) is 57.0 Å². The van der Waals surface area contributed by atoms with Crippen LogP contribution in [0.4, 0.5) is 0 Å². The smallest absolute Gasteiger partial charge is 0.203 e. The summed E-state index contributed by atoms with van der Waals surface area (Å²) in [7, 11) is 7.04. The zero-order valence-corrected chi connectivity index (χ0v) is 12.7. The van der Waals surface area contributed by atoms with Crippen LogP contribution in [0.1, 0.15) is 18.0 Å². The standard InChI is InChI=1S/C15H24N2O3/c1-17-9-10(8-16)7-12(17)11-5-6-13(18-2)15(20-4)14(11)19-3/h5-6,10,12H,7-9,16H2,1-4H3. The number of hydrogen-bond donors (Lipinski definition) is 1. The molecule has 20 heavy (non-hydrogen) atoms. The van der Waals surface area contributed by atoms with E-state index in [1.165, 1.54) is 0 Å². The van der Waals surface area contributed by atoms with Crippen molar-refractivity contribution in [2.75, 3.05) is 41.5 Å². The molecular weight excluding hydrogens is 256 g/mol. The molecule has 0 radical (unpaired) electrons. The number of ether oxygens (including phenoxy) is 3. The fourth-order valence-electron chi connectivity index (χ4n) is 3.03. The van der Waals surface area contributed by atoms with Gasteiger partial charge in [-0.2, -0.15) is 0 Å². The number of rotatable bonds is 5. The molecule has 2 atom stereocenters. The maximum absolute atomic E-state index is 5.81. The van der Waals surface area contributed by atoms with Crippen molar-refractivity contribution in [2.45, 2.75) is 12.5 Å². The summed E-state index contributed by atoms with van der Waals surface area (Å²) in [5, 5.41) is 0. The van der Waals surface area contributed by atoms with Crippen molar-refractivity contribution in [1.82, 2.24) is 4.90 Å². The summed E-state index contributed by atoms with van der Waals surface area (Å²) in [6.45, 7) is 1.73. The minimum absolute atomic E-state index is 0.304. The monoisotopic (exact) mass is 280 g/mol. The molecule has 5 nitrogen and oxygen atoms in total. The summed E-state index contributed by atoms with van der Waals surface area (Å²) in [5.41, 5.74) is 6.93. The highest BCUT2D eigenvalue weighted by molar-refractivity contribution is 5.56. The summed E-state index contributed by atoms with van der Waals surface area (Å²) in [4.78, 5) is 2.32. The van der Waals surface area contributed by atoms with Crippen molar-refractivity contribution in [3.63, 3.8) is 0 Å². The Balaban J connectivity index is 2.41. The summed E-state index contributed by atoms with van der Waals surface area (Å²) in [6, 6.07) is 4.29. The molecule has 0 saturated carbocycles. The van der Waals surface area contributed by atoms with Crippen molar-refractivity contribution in [1.29, 1.82) is 0 Å². The molecule has 1 saturated heterocycles. The molecule has 2 unspecified atom stereocenters. The third kappa shape index (κ3) is 2.55. The van der Waals surface area contributed by atoms with Crippen LogP contribution in [0.3, 0.4) is 0 Å². The van der Waals surface area contributed by atoms with Gasteiger partial charge in [-0.3, -0.25) is 4.90 Å². The molecule has 2 N–H and O–H groups in total. The predicted molar refractivity (Wildman–Crippen MR) is 78.6 cm³/mol. The van der Waals surface area contributed by atoms with Gasteiger partial charge < -0.3 is 19.9 Å². The van der Waals surface area contributed by atoms with Gasteiger partial charge in [-0.15, -0.1) is 0 Å². The predicted octanol–water partition coefficient (Wildman–Crippen LogP) is 1.66. The number of benzene rings is 1. The van der Waals surface area contributed by atoms with Crippen molar-refractivity contribution < 1.29 is 14.2 Å². The first-order chi connectivity index (χ1) is 9.65. The quantitative estimate of drug-likeness (QED) is 0.889. The minimum Gasteiger partial charge on any atom is -0.493 e. The number of nitrogens with zero attached hydrogens (tertiary/aromatic N) is 1. The van der Waals surface area contributed by atoms with Crippen LogP contribution in [0.15, 0.2) is 12.1 Å². The Morgan fingerprint density at radius 2 is 1.85 bits per heavy atom. The fourth-order valence-corrected chi connectivity index (χ4v) is 3.03. The first-order valence-electron chi connectivity index (χ1n) is 6.85. The zero-order valence-electron chi connectivity index (χ0n) is 12.7. The molecule has 1 heterocycles. The van der Waals surface area contributed by atoms with E-state index in [9.17, 15) is 0 Å². The van der Waals surface area contributed by atoms with Crippen LogP contribution >= 0.6 is 0 Å². The van der Waals surface area contributed by atoms with Gasteiger partial charge in [0, 0.05) is 18.2 Å². The zero-order chi connectivity index (χ0) is 14.7. The molecule has 0 aromatic heterocycles. The Morgan fingerprint density at radius 3 is 2.35 bits per heavy atom. The lowest BCUT2D eigenvalue weighted by atomic mass is 9.98. The van der Waals surface area contributed by atoms with Crippen LogP contribution in [0.25, 0.3) is 0 Å². The van der Waals surface area contributed by atoms with Crippen LogP contribution in [-0.4, -0.2) is 46.4 Å². The third-order valence-corrected chi connectivity index (χ3v) is 4.06. The third-order valence-electron chi connectivity index (χ3n) is 4.06. The highest BCUT2D eigenvalue weighted by atomic mass is 16.5. The van der Waals surface area contributed by atoms with E-state index in [-0.39, 0.29) is 0 Å². The molecule has 1 aliphatic heterocycles. The second-order valence-electron chi connectivity index (χ2n) is 5.22. The summed E-state index contributed by atoms with van der Waals surface area (Å²) in [5.74, 6) is 2.62. The molecule has 0 spiro atoms. The van der Waals surface area contributed by atoms with Crippen LogP contribution in [0.5, 0.6) is 17.2 Å². The maximum atomic E-state index is 5.81. The van der Waals surface area contributed by atoms with E-state index in [1.807, 2.05) is 6.07 Å². The second kappa shape index (κ2) is 6.33. The van der Waals surface area contributed by atoms with Crippen LogP contribution in [0, 0.1) is 5.92 Å². The van der Waals surface area contributed by atoms with Gasteiger partial charge in [-0.25, -0.2) is 0 Å². The van der Waals surface area contributed by atoms with Gasteiger partial charge in [0.05, 0.1) is 21.3 Å². The first kappa shape index (κ1) is 14.9. The molecule has 1 aromatic rings. The van der Waals surface area contributed by atoms with Crippen molar-refractivity contribution in [3.8, 4) is 17.2 Å². The maximum Gasteiger partial charge on any atom is 0.203 e. The van der Waals surface area contributed by atoms with Gasteiger partial charge in [0.2, 0.25) is 5.75 Å². The van der Waals surface area contributed by atoms with Gasteiger partial charge >= 0.3 is 0 Å². The van der Waals surface area contributed by atoms with Gasteiger partial charge in [0.1, 0.15) is 0 Å². The van der Waals surface area contributed by atoms with E-state index >= 15 is 0 Å². The molecule has 0 amide bonds. The Kier molecular flexibility index (Phi) is 4.73. The molecule has 1 fully saturated rings. The molecule has 0 bridgehead atoms. The average molecular weight is 280 g/mol. The van der Waals surface area contributed by atoms with Crippen LogP contribution < -0.4 is 19.9 Å². The van der Waals surface area contributed by atoms with Crippen LogP contribution in [-0.2, 0) is 0 Å². The molecule has 112 valence electrons. The number of hydrogen-bond acceptors (Lipinski definition) is 5. The Labute approximate surface area is 120 Å². The highest BCUT2D eigenvalue weighted by Gasteiger charge is 2.33. The fraction of sp³-hybridized carbons (Fsp3) is 0.600. The Morgan fingerprint density at radius 1 is 1.15 bits per heavy atom. The molecular formula is C15H24N2O3. The summed E-state index contributed by atoms with van der Waals surface area (Å²) in [6.07, 6.45) is 1.04. The summed E-state index contributed by atoms with van der Waals surface area (Å²) < 4.78 is 16.4. The molecule has 2 rings (SSSR count). The molecule has 1 aromatic carbocycles.